The molecule has 21 heavy (non-hydrogen) atoms. The lowest BCUT2D eigenvalue weighted by Crippen LogP contribution is -2.36. The van der Waals surface area contributed by atoms with Crippen LogP contribution in [0.5, 0.6) is 0 Å². The highest BCUT2D eigenvalue weighted by molar-refractivity contribution is 7.89. The van der Waals surface area contributed by atoms with Gasteiger partial charge in [0.1, 0.15) is 4.90 Å². The summed E-state index contributed by atoms with van der Waals surface area (Å²) in [4.78, 5) is 0.142. The summed E-state index contributed by atoms with van der Waals surface area (Å²) in [6.45, 7) is 3.84. The minimum absolute atomic E-state index is 0.103. The minimum atomic E-state index is -3.69. The molecule has 0 aromatic carbocycles. The highest BCUT2D eigenvalue weighted by Crippen LogP contribution is 2.19. The highest BCUT2D eigenvalue weighted by Gasteiger charge is 2.25. The van der Waals surface area contributed by atoms with E-state index >= 15 is 0 Å². The zero-order valence-corrected chi connectivity index (χ0v) is 13.6. The average Bonchev–Trinajstić information content (AvgIpc) is 2.70. The van der Waals surface area contributed by atoms with Gasteiger partial charge in [0.05, 0.1) is 37.3 Å². The lowest BCUT2D eigenvalue weighted by atomic mass is 10.4. The Hall–Kier alpha value is -1.00. The maximum absolute atomic E-state index is 12.4. The van der Waals surface area contributed by atoms with Crippen LogP contribution in [0.4, 0.5) is 0 Å². The fraction of sp³-hybridized carbons (Fsp3) is 0.750. The molecule has 0 amide bonds. The second-order valence-electron chi connectivity index (χ2n) is 4.61. The first-order chi connectivity index (χ1) is 9.87. The van der Waals surface area contributed by atoms with E-state index in [4.69, 9.17) is 14.6 Å². The van der Waals surface area contributed by atoms with Gasteiger partial charge in [0.2, 0.25) is 10.0 Å². The van der Waals surface area contributed by atoms with Crippen molar-refractivity contribution in [2.45, 2.75) is 31.4 Å². The summed E-state index contributed by atoms with van der Waals surface area (Å²) in [6, 6.07) is 0. The molecule has 0 aliphatic carbocycles. The van der Waals surface area contributed by atoms with Gasteiger partial charge in [-0.15, -0.1) is 0 Å². The lowest BCUT2D eigenvalue weighted by molar-refractivity contribution is 0.0320. The van der Waals surface area contributed by atoms with Crippen LogP contribution in [0.15, 0.2) is 4.90 Å². The van der Waals surface area contributed by atoms with E-state index < -0.39 is 10.0 Å². The Balaban J connectivity index is 2.93. The molecule has 1 atom stereocenters. The number of ether oxygens (including phenoxy) is 2. The van der Waals surface area contributed by atoms with Gasteiger partial charge in [-0.1, -0.05) is 0 Å². The normalized spacial score (nSPS) is 13.6. The molecule has 0 saturated heterocycles. The second-order valence-corrected chi connectivity index (χ2v) is 6.32. The molecule has 122 valence electrons. The molecule has 1 aromatic heterocycles. The predicted molar refractivity (Wildman–Crippen MR) is 76.6 cm³/mol. The third-order valence-corrected chi connectivity index (χ3v) is 4.76. The van der Waals surface area contributed by atoms with E-state index in [9.17, 15) is 8.42 Å². The monoisotopic (exact) mass is 321 g/mol. The van der Waals surface area contributed by atoms with Gasteiger partial charge in [0, 0.05) is 20.8 Å². The molecule has 0 saturated carbocycles. The Bertz CT molecular complexity index is 555. The maximum atomic E-state index is 12.4. The van der Waals surface area contributed by atoms with Gasteiger partial charge < -0.3 is 14.6 Å². The Kier molecular flexibility index (Phi) is 6.75. The van der Waals surface area contributed by atoms with E-state index in [1.165, 1.54) is 18.9 Å². The Morgan fingerprint density at radius 2 is 2.05 bits per heavy atom. The summed E-state index contributed by atoms with van der Waals surface area (Å²) in [5.41, 5.74) is 0.893. The van der Waals surface area contributed by atoms with Gasteiger partial charge >= 0.3 is 0 Å². The van der Waals surface area contributed by atoms with Crippen molar-refractivity contribution >= 4 is 10.0 Å². The van der Waals surface area contributed by atoms with Crippen LogP contribution in [-0.4, -0.2) is 63.4 Å². The number of rotatable bonds is 9. The summed E-state index contributed by atoms with van der Waals surface area (Å²) in [5.74, 6) is 0. The van der Waals surface area contributed by atoms with Gasteiger partial charge in [0.15, 0.2) is 0 Å². The van der Waals surface area contributed by atoms with Crippen LogP contribution in [0.2, 0.25) is 0 Å². The molecule has 0 aliphatic heterocycles. The summed E-state index contributed by atoms with van der Waals surface area (Å²) < 4.78 is 38.8. The van der Waals surface area contributed by atoms with E-state index in [1.54, 1.807) is 13.8 Å². The topological polar surface area (TPSA) is 103 Å². The molecule has 8 nitrogen and oxygen atoms in total. The van der Waals surface area contributed by atoms with Crippen molar-refractivity contribution in [3.63, 3.8) is 0 Å². The Morgan fingerprint density at radius 3 is 2.57 bits per heavy atom. The number of sulfonamides is 1. The molecule has 0 spiro atoms. The van der Waals surface area contributed by atoms with Crippen LogP contribution in [0.1, 0.15) is 11.4 Å². The minimum Gasteiger partial charge on any atom is -0.394 e. The van der Waals surface area contributed by atoms with Crippen LogP contribution in [0, 0.1) is 13.8 Å². The van der Waals surface area contributed by atoms with Crippen molar-refractivity contribution in [2.24, 2.45) is 0 Å². The second kappa shape index (κ2) is 7.85. The maximum Gasteiger partial charge on any atom is 0.244 e. The van der Waals surface area contributed by atoms with Crippen LogP contribution in [-0.2, 0) is 26.0 Å². The third kappa shape index (κ3) is 4.48. The van der Waals surface area contributed by atoms with Crippen molar-refractivity contribution in [1.82, 2.24) is 14.5 Å². The quantitative estimate of drug-likeness (QED) is 0.631. The summed E-state index contributed by atoms with van der Waals surface area (Å²) in [6.07, 6.45) is -0.363. The summed E-state index contributed by atoms with van der Waals surface area (Å²) in [7, 11) is -0.678. The first-order valence-corrected chi connectivity index (χ1v) is 8.02. The fourth-order valence-corrected chi connectivity index (χ4v) is 3.53. The first-order valence-electron chi connectivity index (χ1n) is 6.53. The van der Waals surface area contributed by atoms with E-state index in [2.05, 4.69) is 9.82 Å². The average molecular weight is 321 g/mol. The van der Waals surface area contributed by atoms with Crippen LogP contribution in [0.25, 0.3) is 0 Å². The molecule has 0 aliphatic rings. The highest BCUT2D eigenvalue weighted by atomic mass is 32.2. The molecular weight excluding hydrogens is 298 g/mol. The number of nitrogens with zero attached hydrogens (tertiary/aromatic N) is 2. The molecule has 1 unspecified atom stereocenters. The Morgan fingerprint density at radius 1 is 1.38 bits per heavy atom. The lowest BCUT2D eigenvalue weighted by Gasteiger charge is -2.15. The molecular formula is C12H23N3O5S. The number of aliphatic hydroxyl groups excluding tert-OH is 1. The largest absolute Gasteiger partial charge is 0.394 e. The van der Waals surface area contributed by atoms with Gasteiger partial charge in [-0.25, -0.2) is 13.1 Å². The molecule has 1 rings (SSSR count). The van der Waals surface area contributed by atoms with Crippen LogP contribution in [0.3, 0.4) is 0 Å². The van der Waals surface area contributed by atoms with Crippen LogP contribution < -0.4 is 4.72 Å². The smallest absolute Gasteiger partial charge is 0.244 e. The molecule has 0 bridgehead atoms. The standard InChI is InChI=1S/C12H23N3O5S/c1-9-12(10(2)15(14-9)5-6-16)21(17,18)13-7-11(20-4)8-19-3/h11,13,16H,5-8H2,1-4H3. The molecule has 9 heteroatoms. The van der Waals surface area contributed by atoms with E-state index in [0.29, 0.717) is 18.0 Å². The van der Waals surface area contributed by atoms with E-state index in [1.807, 2.05) is 0 Å². The van der Waals surface area contributed by atoms with Crippen molar-refractivity contribution in [3.05, 3.63) is 11.4 Å². The van der Waals surface area contributed by atoms with Gasteiger partial charge in [-0.2, -0.15) is 5.10 Å². The van der Waals surface area contributed by atoms with Gasteiger partial charge in [-0.3, -0.25) is 4.68 Å². The first kappa shape index (κ1) is 18.1. The molecule has 1 heterocycles. The summed E-state index contributed by atoms with van der Waals surface area (Å²) in [5, 5.41) is 13.1. The zero-order chi connectivity index (χ0) is 16.0. The van der Waals surface area contributed by atoms with Gasteiger partial charge in [0.25, 0.3) is 0 Å². The predicted octanol–water partition coefficient (Wildman–Crippen LogP) is -0.568. The number of hydrogen-bond donors (Lipinski definition) is 2. The number of nitrogens with one attached hydrogen (secondary N) is 1. The van der Waals surface area contributed by atoms with Crippen molar-refractivity contribution in [2.75, 3.05) is 34.0 Å². The van der Waals surface area contributed by atoms with E-state index in [0.717, 1.165) is 0 Å². The zero-order valence-electron chi connectivity index (χ0n) is 12.8. The number of aromatic nitrogens is 2. The molecule has 1 aromatic rings. The molecule has 0 fully saturated rings. The SMILES string of the molecule is COCC(CNS(=O)(=O)c1c(C)nn(CCO)c1C)OC. The number of methoxy groups -OCH3 is 2. The number of hydrogen-bond acceptors (Lipinski definition) is 6. The Labute approximate surface area is 125 Å². The van der Waals surface area contributed by atoms with Crippen molar-refractivity contribution in [3.8, 4) is 0 Å². The van der Waals surface area contributed by atoms with Gasteiger partial charge in [-0.05, 0) is 13.8 Å². The summed E-state index contributed by atoms with van der Waals surface area (Å²) >= 11 is 0. The number of aliphatic hydroxyl groups is 1. The molecule has 0 radical (unpaired) electrons. The van der Waals surface area contributed by atoms with Crippen molar-refractivity contribution in [1.29, 1.82) is 0 Å². The fourth-order valence-electron chi connectivity index (χ4n) is 2.05. The third-order valence-electron chi connectivity index (χ3n) is 3.08. The molecule has 2 N–H and O–H groups in total. The van der Waals surface area contributed by atoms with E-state index in [-0.39, 0.29) is 30.7 Å². The number of aryl methyl sites for hydroxylation is 1. The van der Waals surface area contributed by atoms with Crippen LogP contribution >= 0.6 is 0 Å². The van der Waals surface area contributed by atoms with Crippen molar-refractivity contribution < 1.29 is 23.0 Å².